The van der Waals surface area contributed by atoms with E-state index in [1.807, 2.05) is 0 Å². The minimum Gasteiger partial charge on any atom is -0.311 e. The molecule has 0 unspecified atom stereocenters. The van der Waals surface area contributed by atoms with Gasteiger partial charge in [0.05, 0.1) is 11.0 Å². The molecule has 4 heteroatoms. The van der Waals surface area contributed by atoms with Crippen LogP contribution in [0.3, 0.4) is 0 Å². The Morgan fingerprint density at radius 3 is 1.17 bits per heavy atom. The summed E-state index contributed by atoms with van der Waals surface area (Å²) in [6.45, 7) is 0. The lowest BCUT2D eigenvalue weighted by Crippen LogP contribution is -2.10. The zero-order valence-electron chi connectivity index (χ0n) is 34.4. The number of para-hydroxylation sites is 3. The Balaban J connectivity index is 0.934. The monoisotopic (exact) mass is 804 g/mol. The van der Waals surface area contributed by atoms with Crippen LogP contribution < -0.4 is 9.80 Å². The van der Waals surface area contributed by atoms with Crippen molar-refractivity contribution in [3.05, 3.63) is 243 Å². The van der Waals surface area contributed by atoms with Crippen molar-refractivity contribution in [2.75, 3.05) is 9.80 Å². The Labute approximate surface area is 366 Å². The van der Waals surface area contributed by atoms with Gasteiger partial charge in [0, 0.05) is 56.1 Å². The molecular weight excluding hydrogens is 765 g/mol. The quantitative estimate of drug-likeness (QED) is 0.136. The summed E-state index contributed by atoms with van der Waals surface area (Å²) in [5.74, 6) is 0.923. The lowest BCUT2D eigenvalue weighted by atomic mass is 9.93. The third kappa shape index (κ3) is 6.27. The minimum absolute atomic E-state index is 0.923. The molecule has 4 nitrogen and oxygen atoms in total. The van der Waals surface area contributed by atoms with Crippen molar-refractivity contribution in [3.8, 4) is 28.2 Å². The zero-order chi connectivity index (χ0) is 41.7. The predicted molar refractivity (Wildman–Crippen MR) is 265 cm³/mol. The Hall–Kier alpha value is -8.47. The number of hydrogen-bond donors (Lipinski definition) is 0. The molecule has 0 N–H and O–H groups in total. The van der Waals surface area contributed by atoms with Crippen molar-refractivity contribution in [3.63, 3.8) is 0 Å². The summed E-state index contributed by atoms with van der Waals surface area (Å²) < 4.78 is 2.36. The van der Waals surface area contributed by atoms with Crippen LogP contribution in [0.1, 0.15) is 0 Å². The van der Waals surface area contributed by atoms with E-state index in [1.165, 1.54) is 32.3 Å². The van der Waals surface area contributed by atoms with Crippen LogP contribution in [0.4, 0.5) is 34.1 Å². The fourth-order valence-corrected chi connectivity index (χ4v) is 9.42. The van der Waals surface area contributed by atoms with Crippen molar-refractivity contribution in [1.29, 1.82) is 0 Å². The molecule has 0 saturated heterocycles. The molecule has 0 aliphatic heterocycles. The molecule has 0 spiro atoms. The largest absolute Gasteiger partial charge is 0.311 e. The Kier molecular flexibility index (Phi) is 8.79. The van der Waals surface area contributed by atoms with Crippen molar-refractivity contribution in [2.24, 2.45) is 0 Å². The smallest absolute Gasteiger partial charge is 0.145 e. The number of benzene rings is 11. The first-order valence-electron chi connectivity index (χ1n) is 21.5. The third-order valence-corrected chi connectivity index (χ3v) is 12.3. The summed E-state index contributed by atoms with van der Waals surface area (Å²) in [6, 6.07) is 86.7. The van der Waals surface area contributed by atoms with Gasteiger partial charge in [-0.05, 0) is 118 Å². The summed E-state index contributed by atoms with van der Waals surface area (Å²) in [5.41, 5.74) is 13.2. The van der Waals surface area contributed by atoms with Gasteiger partial charge in [0.2, 0.25) is 0 Å². The van der Waals surface area contributed by atoms with Gasteiger partial charge in [-0.15, -0.1) is 0 Å². The van der Waals surface area contributed by atoms with Crippen molar-refractivity contribution >= 4 is 77.5 Å². The summed E-state index contributed by atoms with van der Waals surface area (Å²) in [4.78, 5) is 10.1. The standard InChI is InChI=1S/C59H40N4/c1-5-15-45(16-6-1)59-60-57-53-25-13-17-43-27-28-44-18-14-26-54(56(44)55(43)53)58(57)63(59)52-39-37-51(38-40-52)62(48-23-11-4-12-24-48)50-35-31-42(32-36-50)41-29-33-49(34-30-41)61(46-19-7-2-8-20-46)47-21-9-3-10-22-47/h1-40H. The molecule has 1 aromatic heterocycles. The Bertz CT molecular complexity index is 3470. The van der Waals surface area contributed by atoms with Gasteiger partial charge in [-0.2, -0.15) is 0 Å². The Morgan fingerprint density at radius 1 is 0.302 bits per heavy atom. The second-order valence-electron chi connectivity index (χ2n) is 16.0. The topological polar surface area (TPSA) is 24.3 Å². The number of aromatic nitrogens is 2. The van der Waals surface area contributed by atoms with Crippen LogP contribution in [0.15, 0.2) is 243 Å². The SMILES string of the molecule is c1ccc(-c2nc3c4cccc5ccc6cccc(c6c54)c3n2-c2ccc(N(c3ccccc3)c3ccc(-c4ccc(N(c5ccccc5)c5ccccc5)cc4)cc3)cc2)cc1. The first-order chi connectivity index (χ1) is 31.3. The van der Waals surface area contributed by atoms with Gasteiger partial charge in [0.1, 0.15) is 5.82 Å². The summed E-state index contributed by atoms with van der Waals surface area (Å²) in [5, 5.41) is 7.41. The molecule has 0 aliphatic carbocycles. The molecule has 0 bridgehead atoms. The number of hydrogen-bond acceptors (Lipinski definition) is 3. The summed E-state index contributed by atoms with van der Waals surface area (Å²) in [6.07, 6.45) is 0. The van der Waals surface area contributed by atoms with Crippen molar-refractivity contribution in [1.82, 2.24) is 9.55 Å². The van der Waals surface area contributed by atoms with E-state index >= 15 is 0 Å². The van der Waals surface area contributed by atoms with E-state index in [2.05, 4.69) is 257 Å². The van der Waals surface area contributed by atoms with E-state index < -0.39 is 0 Å². The lowest BCUT2D eigenvalue weighted by Gasteiger charge is -2.26. The average Bonchev–Trinajstić information content (AvgIpc) is 3.77. The second-order valence-corrected chi connectivity index (χ2v) is 16.0. The van der Waals surface area contributed by atoms with Gasteiger partial charge in [-0.3, -0.25) is 4.57 Å². The highest BCUT2D eigenvalue weighted by atomic mass is 15.1. The molecule has 12 rings (SSSR count). The number of anilines is 6. The minimum atomic E-state index is 0.923. The molecule has 0 radical (unpaired) electrons. The lowest BCUT2D eigenvalue weighted by molar-refractivity contribution is 1.10. The molecule has 0 saturated carbocycles. The van der Waals surface area contributed by atoms with Crippen LogP contribution in [0.25, 0.3) is 71.6 Å². The summed E-state index contributed by atoms with van der Waals surface area (Å²) in [7, 11) is 0. The highest BCUT2D eigenvalue weighted by molar-refractivity contribution is 6.32. The van der Waals surface area contributed by atoms with Crippen LogP contribution in [0.2, 0.25) is 0 Å². The van der Waals surface area contributed by atoms with E-state index in [1.54, 1.807) is 0 Å². The second kappa shape index (κ2) is 15.2. The van der Waals surface area contributed by atoms with Crippen LogP contribution >= 0.6 is 0 Å². The van der Waals surface area contributed by atoms with Crippen LogP contribution in [-0.2, 0) is 0 Å². The normalized spacial score (nSPS) is 11.5. The molecule has 63 heavy (non-hydrogen) atoms. The highest BCUT2D eigenvalue weighted by Gasteiger charge is 2.22. The third-order valence-electron chi connectivity index (χ3n) is 12.3. The fraction of sp³-hybridized carbons (Fsp3) is 0. The predicted octanol–water partition coefficient (Wildman–Crippen LogP) is 16.2. The van der Waals surface area contributed by atoms with E-state index in [0.29, 0.717) is 0 Å². The highest BCUT2D eigenvalue weighted by Crippen LogP contribution is 2.44. The van der Waals surface area contributed by atoms with Gasteiger partial charge in [0.15, 0.2) is 0 Å². The van der Waals surface area contributed by atoms with Gasteiger partial charge in [0.25, 0.3) is 0 Å². The fourth-order valence-electron chi connectivity index (χ4n) is 9.42. The maximum atomic E-state index is 5.49. The molecule has 11 aromatic carbocycles. The Morgan fingerprint density at radius 2 is 0.698 bits per heavy atom. The molecule has 0 amide bonds. The number of fused-ring (bicyclic) bond motifs is 3. The number of rotatable bonds is 9. The van der Waals surface area contributed by atoms with E-state index in [0.717, 1.165) is 73.4 Å². The molecule has 0 fully saturated rings. The van der Waals surface area contributed by atoms with Gasteiger partial charge >= 0.3 is 0 Å². The molecule has 0 atom stereocenters. The van der Waals surface area contributed by atoms with E-state index in [4.69, 9.17) is 4.98 Å². The molecule has 296 valence electrons. The first kappa shape index (κ1) is 36.4. The van der Waals surface area contributed by atoms with E-state index in [-0.39, 0.29) is 0 Å². The average molecular weight is 805 g/mol. The van der Waals surface area contributed by atoms with Crippen LogP contribution in [0, 0.1) is 0 Å². The van der Waals surface area contributed by atoms with Gasteiger partial charge in [-0.25, -0.2) is 4.98 Å². The maximum Gasteiger partial charge on any atom is 0.145 e. The molecule has 0 aliphatic rings. The van der Waals surface area contributed by atoms with Crippen LogP contribution in [-0.4, -0.2) is 9.55 Å². The molecular formula is C59H40N4. The van der Waals surface area contributed by atoms with Gasteiger partial charge in [-0.1, -0.05) is 158 Å². The van der Waals surface area contributed by atoms with Crippen molar-refractivity contribution < 1.29 is 0 Å². The molecule has 12 aromatic rings. The molecule has 1 heterocycles. The van der Waals surface area contributed by atoms with Crippen LogP contribution in [0.5, 0.6) is 0 Å². The van der Waals surface area contributed by atoms with Gasteiger partial charge < -0.3 is 9.80 Å². The number of nitrogens with zero attached hydrogens (tertiary/aromatic N) is 4. The summed E-state index contributed by atoms with van der Waals surface area (Å²) >= 11 is 0. The maximum absolute atomic E-state index is 5.49. The number of imidazole rings is 1. The zero-order valence-corrected chi connectivity index (χ0v) is 34.4. The van der Waals surface area contributed by atoms with E-state index in [9.17, 15) is 0 Å². The first-order valence-corrected chi connectivity index (χ1v) is 21.5. The van der Waals surface area contributed by atoms with Crippen molar-refractivity contribution in [2.45, 2.75) is 0 Å².